The molecular formula is C17H11F4N3OS. The molecule has 0 amide bonds. The maximum Gasteiger partial charge on any atom is 0.416 e. The molecule has 0 fully saturated rings. The highest BCUT2D eigenvalue weighted by Crippen LogP contribution is 2.32. The zero-order chi connectivity index (χ0) is 18.9. The van der Waals surface area contributed by atoms with Crippen LogP contribution in [0.4, 0.5) is 34.2 Å². The lowest BCUT2D eigenvalue weighted by atomic mass is 10.1. The van der Waals surface area contributed by atoms with Crippen molar-refractivity contribution in [1.29, 1.82) is 0 Å². The summed E-state index contributed by atoms with van der Waals surface area (Å²) in [4.78, 5) is 16.6. The predicted molar refractivity (Wildman–Crippen MR) is 91.1 cm³/mol. The van der Waals surface area contributed by atoms with Gasteiger partial charge in [0.25, 0.3) is 0 Å². The highest BCUT2D eigenvalue weighted by Gasteiger charge is 2.30. The number of nitrogen functional groups attached to an aromatic ring is 1. The smallest absolute Gasteiger partial charge is 0.382 e. The highest BCUT2D eigenvalue weighted by atomic mass is 32.1. The lowest BCUT2D eigenvalue weighted by Gasteiger charge is -2.06. The van der Waals surface area contributed by atoms with Crippen molar-refractivity contribution in [2.45, 2.75) is 6.18 Å². The molecule has 0 aliphatic heterocycles. The Balaban J connectivity index is 1.82. The molecule has 0 saturated heterocycles. The molecule has 3 aromatic rings. The fraction of sp³-hybridized carbons (Fsp3) is 0.0588. The van der Waals surface area contributed by atoms with Crippen LogP contribution in [0.2, 0.25) is 0 Å². The number of rotatable bonds is 4. The molecule has 26 heavy (non-hydrogen) atoms. The molecule has 2 aromatic carbocycles. The lowest BCUT2D eigenvalue weighted by Crippen LogP contribution is -2.07. The molecule has 3 N–H and O–H groups in total. The van der Waals surface area contributed by atoms with Gasteiger partial charge < -0.3 is 11.1 Å². The Morgan fingerprint density at radius 3 is 2.23 bits per heavy atom. The summed E-state index contributed by atoms with van der Waals surface area (Å²) in [6, 6.07) is 9.36. The minimum atomic E-state index is -4.47. The summed E-state index contributed by atoms with van der Waals surface area (Å²) < 4.78 is 50.7. The van der Waals surface area contributed by atoms with E-state index in [1.807, 2.05) is 0 Å². The molecule has 0 aliphatic rings. The van der Waals surface area contributed by atoms with Gasteiger partial charge in [-0.25, -0.2) is 9.37 Å². The molecule has 134 valence electrons. The molecule has 0 aliphatic carbocycles. The number of alkyl halides is 3. The van der Waals surface area contributed by atoms with E-state index < -0.39 is 23.3 Å². The number of ketones is 1. The molecule has 3 rings (SSSR count). The molecule has 0 unspecified atom stereocenters. The molecule has 0 spiro atoms. The number of hydrogen-bond donors (Lipinski definition) is 2. The van der Waals surface area contributed by atoms with Crippen LogP contribution in [0.5, 0.6) is 0 Å². The highest BCUT2D eigenvalue weighted by molar-refractivity contribution is 7.18. The van der Waals surface area contributed by atoms with E-state index in [0.717, 1.165) is 35.6 Å². The average Bonchev–Trinajstić information content (AvgIpc) is 2.96. The van der Waals surface area contributed by atoms with Gasteiger partial charge in [-0.15, -0.1) is 0 Å². The zero-order valence-corrected chi connectivity index (χ0v) is 13.8. The lowest BCUT2D eigenvalue weighted by molar-refractivity contribution is -0.137. The maximum atomic E-state index is 12.9. The summed E-state index contributed by atoms with van der Waals surface area (Å²) in [5.41, 5.74) is 5.53. The zero-order valence-electron chi connectivity index (χ0n) is 13.0. The molecular weight excluding hydrogens is 370 g/mol. The summed E-state index contributed by atoms with van der Waals surface area (Å²) in [5, 5.41) is 3.20. The Hall–Kier alpha value is -2.94. The third-order valence-electron chi connectivity index (χ3n) is 3.43. The van der Waals surface area contributed by atoms with Crippen molar-refractivity contribution in [2.24, 2.45) is 0 Å². The van der Waals surface area contributed by atoms with Crippen LogP contribution < -0.4 is 11.1 Å². The van der Waals surface area contributed by atoms with E-state index >= 15 is 0 Å². The quantitative estimate of drug-likeness (QED) is 0.500. The van der Waals surface area contributed by atoms with Gasteiger partial charge in [0.05, 0.1) is 5.56 Å². The van der Waals surface area contributed by atoms with Crippen LogP contribution in [0.1, 0.15) is 20.8 Å². The Bertz CT molecular complexity index is 934. The van der Waals surface area contributed by atoms with E-state index in [4.69, 9.17) is 5.73 Å². The number of anilines is 3. The first-order valence-corrected chi connectivity index (χ1v) is 8.06. The Labute approximate surface area is 149 Å². The molecule has 1 heterocycles. The van der Waals surface area contributed by atoms with Gasteiger partial charge in [0.1, 0.15) is 16.5 Å². The minimum absolute atomic E-state index is 0.0375. The van der Waals surface area contributed by atoms with Crippen molar-refractivity contribution in [1.82, 2.24) is 4.98 Å². The molecule has 0 saturated carbocycles. The maximum absolute atomic E-state index is 12.9. The van der Waals surface area contributed by atoms with Gasteiger partial charge in [-0.2, -0.15) is 13.2 Å². The summed E-state index contributed by atoms with van der Waals surface area (Å²) in [6.07, 6.45) is -4.47. The Kier molecular flexibility index (Phi) is 4.64. The topological polar surface area (TPSA) is 68.0 Å². The van der Waals surface area contributed by atoms with E-state index in [-0.39, 0.29) is 16.3 Å². The average molecular weight is 381 g/mol. The summed E-state index contributed by atoms with van der Waals surface area (Å²) >= 11 is 0.958. The van der Waals surface area contributed by atoms with Gasteiger partial charge >= 0.3 is 6.18 Å². The summed E-state index contributed by atoms with van der Waals surface area (Å²) in [6.45, 7) is 0. The number of carbonyl (C=O) groups excluding carboxylic acids is 1. The number of carbonyl (C=O) groups is 1. The number of aromatic nitrogens is 1. The number of halogens is 4. The van der Waals surface area contributed by atoms with E-state index in [0.29, 0.717) is 10.8 Å². The van der Waals surface area contributed by atoms with Crippen molar-refractivity contribution < 1.29 is 22.4 Å². The first kappa shape index (κ1) is 17.9. The van der Waals surface area contributed by atoms with Crippen LogP contribution in [0.25, 0.3) is 0 Å². The Morgan fingerprint density at radius 1 is 1.04 bits per heavy atom. The number of nitrogens with one attached hydrogen (secondary N) is 1. The van der Waals surface area contributed by atoms with Gasteiger partial charge in [0.2, 0.25) is 5.78 Å². The second-order valence-corrected chi connectivity index (χ2v) is 6.27. The molecule has 0 bridgehead atoms. The first-order chi connectivity index (χ1) is 12.2. The van der Waals surface area contributed by atoms with Crippen LogP contribution in [0.15, 0.2) is 48.5 Å². The Morgan fingerprint density at radius 2 is 1.65 bits per heavy atom. The number of benzene rings is 2. The fourth-order valence-electron chi connectivity index (χ4n) is 2.15. The molecule has 0 atom stereocenters. The molecule has 1 aromatic heterocycles. The van der Waals surface area contributed by atoms with E-state index in [2.05, 4.69) is 10.3 Å². The van der Waals surface area contributed by atoms with E-state index in [1.165, 1.54) is 24.3 Å². The van der Waals surface area contributed by atoms with Gasteiger partial charge in [0, 0.05) is 11.3 Å². The second kappa shape index (κ2) is 6.75. The second-order valence-electron chi connectivity index (χ2n) is 5.27. The third kappa shape index (κ3) is 3.83. The van der Waals surface area contributed by atoms with Gasteiger partial charge in [-0.05, 0) is 36.4 Å². The number of hydrogen-bond acceptors (Lipinski definition) is 5. The number of nitrogens with zero attached hydrogens (tertiary/aromatic N) is 1. The van der Waals surface area contributed by atoms with Crippen LogP contribution in [0, 0.1) is 5.82 Å². The van der Waals surface area contributed by atoms with Crippen molar-refractivity contribution in [2.75, 3.05) is 11.1 Å². The largest absolute Gasteiger partial charge is 0.416 e. The third-order valence-corrected chi connectivity index (χ3v) is 4.41. The van der Waals surface area contributed by atoms with Crippen LogP contribution >= 0.6 is 11.3 Å². The summed E-state index contributed by atoms with van der Waals surface area (Å²) in [7, 11) is 0. The first-order valence-electron chi connectivity index (χ1n) is 7.25. The number of thiazole rings is 1. The van der Waals surface area contributed by atoms with Crippen molar-refractivity contribution >= 4 is 33.8 Å². The predicted octanol–water partition coefficient (Wildman–Crippen LogP) is 4.86. The van der Waals surface area contributed by atoms with Gasteiger partial charge in [-0.1, -0.05) is 23.5 Å². The summed E-state index contributed by atoms with van der Waals surface area (Å²) in [5.74, 6) is -0.960. The normalized spacial score (nSPS) is 11.4. The fourth-order valence-corrected chi connectivity index (χ4v) is 3.01. The van der Waals surface area contributed by atoms with Gasteiger partial charge in [0.15, 0.2) is 5.13 Å². The van der Waals surface area contributed by atoms with Crippen LogP contribution in [0.3, 0.4) is 0 Å². The van der Waals surface area contributed by atoms with Gasteiger partial charge in [-0.3, -0.25) is 4.79 Å². The molecule has 0 radical (unpaired) electrons. The SMILES string of the molecule is Nc1nc(Nc2ccc(F)cc2)sc1C(=O)c1ccc(C(F)(F)F)cc1. The number of nitrogens with two attached hydrogens (primary N) is 1. The van der Waals surface area contributed by atoms with Crippen LogP contribution in [-0.2, 0) is 6.18 Å². The standard InChI is InChI=1S/C17H11F4N3OS/c18-11-5-7-12(8-6-11)23-16-24-15(22)14(26-16)13(25)9-1-3-10(4-2-9)17(19,20)21/h1-8H,22H2,(H,23,24). The van der Waals surface area contributed by atoms with Crippen LogP contribution in [-0.4, -0.2) is 10.8 Å². The molecule has 9 heteroatoms. The van der Waals surface area contributed by atoms with E-state index in [1.54, 1.807) is 0 Å². The molecule has 4 nitrogen and oxygen atoms in total. The van der Waals surface area contributed by atoms with Crippen molar-refractivity contribution in [3.05, 3.63) is 70.4 Å². The monoisotopic (exact) mass is 381 g/mol. The van der Waals surface area contributed by atoms with Crippen molar-refractivity contribution in [3.63, 3.8) is 0 Å². The minimum Gasteiger partial charge on any atom is -0.382 e. The van der Waals surface area contributed by atoms with E-state index in [9.17, 15) is 22.4 Å². The van der Waals surface area contributed by atoms with Crippen molar-refractivity contribution in [3.8, 4) is 0 Å².